The number of hydrogen-bond donors (Lipinski definition) is 2. The number of nitrogens with zero attached hydrogens (tertiary/aromatic N) is 4. The molecule has 0 radical (unpaired) electrons. The molecule has 8 heteroatoms. The topological polar surface area (TPSA) is 81.2 Å². The number of nitrogens with one attached hydrogen (secondary N) is 1. The number of methoxy groups -OCH3 is 1. The van der Waals surface area contributed by atoms with Crippen LogP contribution < -0.4 is 19.9 Å². The fourth-order valence-electron chi connectivity index (χ4n) is 7.12. The quantitative estimate of drug-likeness (QED) is 0.397. The van der Waals surface area contributed by atoms with Crippen molar-refractivity contribution in [2.45, 2.75) is 51.1 Å². The maximum absolute atomic E-state index is 13.7. The number of ether oxygens (including phenoxy) is 1. The van der Waals surface area contributed by atoms with Crippen molar-refractivity contribution in [2.75, 3.05) is 63.3 Å². The first-order valence-electron chi connectivity index (χ1n) is 15.9. The smallest absolute Gasteiger partial charge is 0.255 e. The van der Waals surface area contributed by atoms with Crippen molar-refractivity contribution in [1.82, 2.24) is 15.2 Å². The molecule has 2 N–H and O–H groups in total. The summed E-state index contributed by atoms with van der Waals surface area (Å²) >= 11 is 0. The van der Waals surface area contributed by atoms with Crippen LogP contribution in [0.1, 0.15) is 53.6 Å². The summed E-state index contributed by atoms with van der Waals surface area (Å²) in [4.78, 5) is 26.0. The minimum Gasteiger partial charge on any atom is -0.496 e. The molecular formula is C35H45N5O3. The molecule has 0 aliphatic carbocycles. The van der Waals surface area contributed by atoms with Crippen LogP contribution in [0.15, 0.2) is 54.6 Å². The number of aryl methyl sites for hydroxylation is 1. The van der Waals surface area contributed by atoms with E-state index < -0.39 is 0 Å². The van der Waals surface area contributed by atoms with Gasteiger partial charge in [0, 0.05) is 63.7 Å². The number of aromatic nitrogens is 1. The van der Waals surface area contributed by atoms with Crippen molar-refractivity contribution in [2.24, 2.45) is 5.92 Å². The maximum atomic E-state index is 13.7. The molecule has 0 saturated carbocycles. The summed E-state index contributed by atoms with van der Waals surface area (Å²) in [6, 6.07) is 18.8. The number of amides is 1. The van der Waals surface area contributed by atoms with Gasteiger partial charge in [-0.15, -0.1) is 0 Å². The second-order valence-electron chi connectivity index (χ2n) is 12.3. The van der Waals surface area contributed by atoms with E-state index in [-0.39, 0.29) is 12.5 Å². The Hall–Kier alpha value is -3.62. The van der Waals surface area contributed by atoms with E-state index in [9.17, 15) is 9.90 Å². The molecule has 6 rings (SSSR count). The molecule has 1 atom stereocenters. The fraction of sp³-hybridized carbons (Fsp3) is 0.486. The molecule has 0 spiro atoms. The third kappa shape index (κ3) is 6.50. The first-order chi connectivity index (χ1) is 21.0. The van der Waals surface area contributed by atoms with Crippen molar-refractivity contribution >= 4 is 17.4 Å². The van der Waals surface area contributed by atoms with Crippen LogP contribution in [0.2, 0.25) is 0 Å². The predicted octanol–water partition coefficient (Wildman–Crippen LogP) is 4.74. The summed E-state index contributed by atoms with van der Waals surface area (Å²) in [6.07, 6.45) is 6.54. The Morgan fingerprint density at radius 3 is 2.67 bits per heavy atom. The number of pyridine rings is 1. The van der Waals surface area contributed by atoms with Crippen LogP contribution in [0, 0.1) is 5.92 Å². The van der Waals surface area contributed by atoms with Gasteiger partial charge in [0.1, 0.15) is 11.6 Å². The molecule has 3 aromatic rings. The van der Waals surface area contributed by atoms with E-state index in [1.165, 1.54) is 11.3 Å². The van der Waals surface area contributed by atoms with E-state index in [1.807, 2.05) is 36.4 Å². The highest BCUT2D eigenvalue weighted by Crippen LogP contribution is 2.33. The Morgan fingerprint density at radius 2 is 1.86 bits per heavy atom. The van der Waals surface area contributed by atoms with Crippen LogP contribution in [0.3, 0.4) is 0 Å². The molecule has 3 aliphatic heterocycles. The van der Waals surface area contributed by atoms with Crippen LogP contribution in [0.5, 0.6) is 5.75 Å². The average molecular weight is 584 g/mol. The van der Waals surface area contributed by atoms with Gasteiger partial charge in [0.05, 0.1) is 18.4 Å². The summed E-state index contributed by atoms with van der Waals surface area (Å²) in [7, 11) is 3.82. The number of likely N-dealkylation sites (tertiary alicyclic amines) is 1. The number of carbonyl (C=O) groups is 1. The minimum atomic E-state index is -0.104. The monoisotopic (exact) mass is 583 g/mol. The summed E-state index contributed by atoms with van der Waals surface area (Å²) in [5.41, 5.74) is 6.08. The fourth-order valence-corrected chi connectivity index (χ4v) is 7.12. The number of benzene rings is 2. The summed E-state index contributed by atoms with van der Waals surface area (Å²) in [5, 5.41) is 12.9. The lowest BCUT2D eigenvalue weighted by molar-refractivity contribution is 0.0777. The number of aliphatic hydroxyl groups excluding tert-OH is 1. The maximum Gasteiger partial charge on any atom is 0.255 e. The second-order valence-corrected chi connectivity index (χ2v) is 12.3. The van der Waals surface area contributed by atoms with Gasteiger partial charge in [0.2, 0.25) is 0 Å². The molecule has 0 bridgehead atoms. The molecule has 4 heterocycles. The zero-order chi connectivity index (χ0) is 29.8. The molecule has 2 fully saturated rings. The standard InChI is InChI=1S/C35H45N5O3/c1-38-17-6-8-27-21-25(11-14-32(27)38)22-36-35(42)30-12-13-31(29-9-3-4-10-33(29)43-2)37-34(30)39-19-15-28(16-20-39)40-18-5-7-26(23-40)24-41/h3-4,9-14,21,26,28,41H,5-8,15-20,22-24H2,1-2H3,(H,36,42)/t26-/m1/s1. The van der Waals surface area contributed by atoms with Gasteiger partial charge in [-0.3, -0.25) is 9.69 Å². The molecule has 0 unspecified atom stereocenters. The first kappa shape index (κ1) is 29.5. The van der Waals surface area contributed by atoms with Crippen LogP contribution in [-0.2, 0) is 13.0 Å². The molecular weight excluding hydrogens is 538 g/mol. The Balaban J connectivity index is 1.22. The van der Waals surface area contributed by atoms with Crippen molar-refractivity contribution in [3.05, 3.63) is 71.3 Å². The predicted molar refractivity (Wildman–Crippen MR) is 172 cm³/mol. The number of aliphatic hydroxyl groups is 1. The van der Waals surface area contributed by atoms with Gasteiger partial charge in [-0.1, -0.05) is 24.3 Å². The molecule has 1 aromatic heterocycles. The van der Waals surface area contributed by atoms with Crippen molar-refractivity contribution < 1.29 is 14.6 Å². The lowest BCUT2D eigenvalue weighted by Crippen LogP contribution is -2.49. The zero-order valence-corrected chi connectivity index (χ0v) is 25.6. The lowest BCUT2D eigenvalue weighted by atomic mass is 9.94. The van der Waals surface area contributed by atoms with Crippen LogP contribution in [-0.4, -0.2) is 80.4 Å². The number of carbonyl (C=O) groups excluding carboxylic acids is 1. The normalized spacial score (nSPS) is 19.7. The van der Waals surface area contributed by atoms with E-state index in [4.69, 9.17) is 9.72 Å². The van der Waals surface area contributed by atoms with E-state index in [0.29, 0.717) is 24.1 Å². The highest BCUT2D eigenvalue weighted by molar-refractivity contribution is 5.99. The number of fused-ring (bicyclic) bond motifs is 1. The van der Waals surface area contributed by atoms with Crippen LogP contribution in [0.4, 0.5) is 11.5 Å². The van der Waals surface area contributed by atoms with Crippen molar-refractivity contribution in [1.29, 1.82) is 0 Å². The average Bonchev–Trinajstić information content (AvgIpc) is 3.07. The number of anilines is 2. The summed E-state index contributed by atoms with van der Waals surface area (Å²) in [6.45, 7) is 5.60. The highest BCUT2D eigenvalue weighted by atomic mass is 16.5. The van der Waals surface area contributed by atoms with Gasteiger partial charge >= 0.3 is 0 Å². The number of hydrogen-bond acceptors (Lipinski definition) is 7. The third-order valence-corrected chi connectivity index (χ3v) is 9.54. The molecule has 43 heavy (non-hydrogen) atoms. The van der Waals surface area contributed by atoms with Gasteiger partial charge in [-0.25, -0.2) is 4.98 Å². The molecule has 3 aliphatic rings. The van der Waals surface area contributed by atoms with Crippen molar-refractivity contribution in [3.8, 4) is 17.0 Å². The summed E-state index contributed by atoms with van der Waals surface area (Å²) in [5.74, 6) is 1.78. The van der Waals surface area contributed by atoms with E-state index in [0.717, 1.165) is 99.6 Å². The minimum absolute atomic E-state index is 0.104. The SMILES string of the molecule is COc1ccccc1-c1ccc(C(=O)NCc2ccc3c(c2)CCCN3C)c(N2CCC(N3CCC[C@@H](CO)C3)CC2)n1. The number of rotatable bonds is 8. The van der Waals surface area contributed by atoms with Gasteiger partial charge in [0.15, 0.2) is 0 Å². The zero-order valence-electron chi connectivity index (χ0n) is 25.6. The molecule has 2 aromatic carbocycles. The largest absolute Gasteiger partial charge is 0.496 e. The molecule has 228 valence electrons. The van der Waals surface area contributed by atoms with Gasteiger partial charge < -0.3 is 25.0 Å². The molecule has 8 nitrogen and oxygen atoms in total. The van der Waals surface area contributed by atoms with Crippen LogP contribution >= 0.6 is 0 Å². The van der Waals surface area contributed by atoms with E-state index in [1.54, 1.807) is 7.11 Å². The van der Waals surface area contributed by atoms with Gasteiger partial charge in [-0.05, 0) is 92.4 Å². The van der Waals surface area contributed by atoms with Crippen LogP contribution in [0.25, 0.3) is 11.3 Å². The Morgan fingerprint density at radius 1 is 1.02 bits per heavy atom. The Bertz CT molecular complexity index is 1420. The molecule has 2 saturated heterocycles. The highest BCUT2D eigenvalue weighted by Gasteiger charge is 2.30. The number of para-hydroxylation sites is 1. The first-order valence-corrected chi connectivity index (χ1v) is 15.9. The lowest BCUT2D eigenvalue weighted by Gasteiger charge is -2.42. The Labute approximate surface area is 255 Å². The Kier molecular flexibility index (Phi) is 9.14. The van der Waals surface area contributed by atoms with Gasteiger partial charge in [-0.2, -0.15) is 0 Å². The summed E-state index contributed by atoms with van der Waals surface area (Å²) < 4.78 is 5.64. The third-order valence-electron chi connectivity index (χ3n) is 9.54. The van der Waals surface area contributed by atoms with Crippen molar-refractivity contribution in [3.63, 3.8) is 0 Å². The van der Waals surface area contributed by atoms with E-state index >= 15 is 0 Å². The second kappa shape index (κ2) is 13.3. The number of piperidine rings is 2. The van der Waals surface area contributed by atoms with Gasteiger partial charge in [0.25, 0.3) is 5.91 Å². The van der Waals surface area contributed by atoms with E-state index in [2.05, 4.69) is 45.3 Å². The molecule has 1 amide bonds.